The highest BCUT2D eigenvalue weighted by molar-refractivity contribution is 5.07. The monoisotopic (exact) mass is 222 g/mol. The summed E-state index contributed by atoms with van der Waals surface area (Å²) in [5, 5.41) is 0. The second-order valence-corrected chi connectivity index (χ2v) is 4.19. The van der Waals surface area contributed by atoms with Gasteiger partial charge >= 0.3 is 6.01 Å². The second kappa shape index (κ2) is 5.23. The molecular weight excluding hydrogens is 204 g/mol. The van der Waals surface area contributed by atoms with Gasteiger partial charge in [-0.2, -0.15) is 0 Å². The normalized spacial score (nSPS) is 18.6. The van der Waals surface area contributed by atoms with Crippen molar-refractivity contribution in [3.63, 3.8) is 0 Å². The van der Waals surface area contributed by atoms with Gasteiger partial charge < -0.3 is 10.5 Å². The fraction of sp³-hybridized carbons (Fsp3) is 0.636. The summed E-state index contributed by atoms with van der Waals surface area (Å²) in [6.45, 7) is 3.02. The SMILES string of the molecule is COc1ncc(CN2CCC(N)CC2)cn1. The maximum atomic E-state index is 5.86. The van der Waals surface area contributed by atoms with E-state index in [1.807, 2.05) is 12.4 Å². The lowest BCUT2D eigenvalue weighted by Gasteiger charge is -2.29. The van der Waals surface area contributed by atoms with Crippen molar-refractivity contribution < 1.29 is 4.74 Å². The topological polar surface area (TPSA) is 64.3 Å². The molecule has 0 aromatic carbocycles. The van der Waals surface area contributed by atoms with Crippen LogP contribution >= 0.6 is 0 Å². The highest BCUT2D eigenvalue weighted by atomic mass is 16.5. The third-order valence-electron chi connectivity index (χ3n) is 2.90. The highest BCUT2D eigenvalue weighted by Gasteiger charge is 2.16. The van der Waals surface area contributed by atoms with Crippen molar-refractivity contribution in [2.75, 3.05) is 20.2 Å². The maximum Gasteiger partial charge on any atom is 0.316 e. The first-order valence-corrected chi connectivity index (χ1v) is 5.61. The van der Waals surface area contributed by atoms with Crippen LogP contribution in [0.2, 0.25) is 0 Å². The van der Waals surface area contributed by atoms with E-state index >= 15 is 0 Å². The highest BCUT2D eigenvalue weighted by Crippen LogP contribution is 2.12. The molecule has 1 aliphatic heterocycles. The van der Waals surface area contributed by atoms with Crippen LogP contribution in [0.3, 0.4) is 0 Å². The fourth-order valence-corrected chi connectivity index (χ4v) is 1.90. The van der Waals surface area contributed by atoms with Crippen LogP contribution in [0, 0.1) is 0 Å². The zero-order chi connectivity index (χ0) is 11.4. The molecule has 1 aromatic rings. The van der Waals surface area contributed by atoms with Gasteiger partial charge in [0.1, 0.15) is 0 Å². The van der Waals surface area contributed by atoms with Crippen molar-refractivity contribution >= 4 is 0 Å². The molecule has 2 rings (SSSR count). The van der Waals surface area contributed by atoms with Crippen LogP contribution in [0.25, 0.3) is 0 Å². The summed E-state index contributed by atoms with van der Waals surface area (Å²) in [5.41, 5.74) is 6.98. The molecule has 88 valence electrons. The molecule has 0 saturated carbocycles. The van der Waals surface area contributed by atoms with Crippen LogP contribution < -0.4 is 10.5 Å². The molecule has 2 heterocycles. The largest absolute Gasteiger partial charge is 0.467 e. The molecule has 16 heavy (non-hydrogen) atoms. The lowest BCUT2D eigenvalue weighted by atomic mass is 10.1. The number of likely N-dealkylation sites (tertiary alicyclic amines) is 1. The van der Waals surface area contributed by atoms with Crippen molar-refractivity contribution in [3.8, 4) is 6.01 Å². The molecule has 2 N–H and O–H groups in total. The number of nitrogens with two attached hydrogens (primary N) is 1. The summed E-state index contributed by atoms with van der Waals surface area (Å²) < 4.78 is 4.92. The smallest absolute Gasteiger partial charge is 0.316 e. The Kier molecular flexibility index (Phi) is 3.69. The number of rotatable bonds is 3. The average Bonchev–Trinajstić information content (AvgIpc) is 2.33. The fourth-order valence-electron chi connectivity index (χ4n) is 1.90. The third-order valence-corrected chi connectivity index (χ3v) is 2.90. The first-order chi connectivity index (χ1) is 7.78. The van der Waals surface area contributed by atoms with Gasteiger partial charge in [0.2, 0.25) is 0 Å². The summed E-state index contributed by atoms with van der Waals surface area (Å²) in [6.07, 6.45) is 5.80. The summed E-state index contributed by atoms with van der Waals surface area (Å²) in [5.74, 6) is 0. The summed E-state index contributed by atoms with van der Waals surface area (Å²) in [7, 11) is 1.57. The first-order valence-electron chi connectivity index (χ1n) is 5.61. The zero-order valence-corrected chi connectivity index (χ0v) is 9.59. The van der Waals surface area contributed by atoms with Crippen molar-refractivity contribution in [3.05, 3.63) is 18.0 Å². The van der Waals surface area contributed by atoms with Crippen molar-refractivity contribution in [2.45, 2.75) is 25.4 Å². The van der Waals surface area contributed by atoms with Gasteiger partial charge in [-0.15, -0.1) is 0 Å². The van der Waals surface area contributed by atoms with E-state index in [1.54, 1.807) is 7.11 Å². The molecule has 5 nitrogen and oxygen atoms in total. The molecule has 0 unspecified atom stereocenters. The minimum Gasteiger partial charge on any atom is -0.467 e. The van der Waals surface area contributed by atoms with Gasteiger partial charge in [0.05, 0.1) is 7.11 Å². The van der Waals surface area contributed by atoms with Crippen LogP contribution in [0.5, 0.6) is 6.01 Å². The maximum absolute atomic E-state index is 5.86. The standard InChI is InChI=1S/C11H18N4O/c1-16-11-13-6-9(7-14-11)8-15-4-2-10(12)3-5-15/h6-7,10H,2-5,8,12H2,1H3. The predicted octanol–water partition coefficient (Wildman–Crippen LogP) is 0.408. The van der Waals surface area contributed by atoms with Crippen molar-refractivity contribution in [1.82, 2.24) is 14.9 Å². The van der Waals surface area contributed by atoms with E-state index in [4.69, 9.17) is 10.5 Å². The van der Waals surface area contributed by atoms with Crippen LogP contribution in [-0.4, -0.2) is 41.1 Å². The van der Waals surface area contributed by atoms with Gasteiger partial charge in [-0.05, 0) is 25.9 Å². The molecule has 1 fully saturated rings. The van der Waals surface area contributed by atoms with E-state index < -0.39 is 0 Å². The zero-order valence-electron chi connectivity index (χ0n) is 9.59. The molecule has 5 heteroatoms. The molecule has 1 aliphatic rings. The average molecular weight is 222 g/mol. The molecule has 0 atom stereocenters. The van der Waals surface area contributed by atoms with E-state index in [-0.39, 0.29) is 0 Å². The quantitative estimate of drug-likeness (QED) is 0.802. The molecule has 1 aromatic heterocycles. The van der Waals surface area contributed by atoms with Crippen LogP contribution in [0.4, 0.5) is 0 Å². The van der Waals surface area contributed by atoms with Gasteiger partial charge in [0.25, 0.3) is 0 Å². The summed E-state index contributed by atoms with van der Waals surface area (Å²) in [4.78, 5) is 10.6. The Balaban J connectivity index is 1.88. The third kappa shape index (κ3) is 2.90. The summed E-state index contributed by atoms with van der Waals surface area (Å²) >= 11 is 0. The summed E-state index contributed by atoms with van der Waals surface area (Å²) in [6, 6.07) is 0.799. The Morgan fingerprint density at radius 2 is 2.00 bits per heavy atom. The number of ether oxygens (including phenoxy) is 1. The van der Waals surface area contributed by atoms with Gasteiger partial charge in [0.15, 0.2) is 0 Å². The van der Waals surface area contributed by atoms with E-state index in [9.17, 15) is 0 Å². The Hall–Kier alpha value is -1.20. The minimum absolute atomic E-state index is 0.378. The van der Waals surface area contributed by atoms with Gasteiger partial charge in [-0.25, -0.2) is 9.97 Å². The number of aromatic nitrogens is 2. The van der Waals surface area contributed by atoms with E-state index in [0.717, 1.165) is 38.0 Å². The number of hydrogen-bond donors (Lipinski definition) is 1. The Bertz CT molecular complexity index is 319. The molecule has 0 radical (unpaired) electrons. The molecule has 0 amide bonds. The number of nitrogens with zero attached hydrogens (tertiary/aromatic N) is 3. The number of piperidine rings is 1. The van der Waals surface area contributed by atoms with E-state index in [0.29, 0.717) is 12.1 Å². The van der Waals surface area contributed by atoms with Crippen LogP contribution in [-0.2, 0) is 6.54 Å². The van der Waals surface area contributed by atoms with Crippen LogP contribution in [0.1, 0.15) is 18.4 Å². The van der Waals surface area contributed by atoms with Gasteiger partial charge in [-0.3, -0.25) is 4.90 Å². The van der Waals surface area contributed by atoms with Crippen molar-refractivity contribution in [2.24, 2.45) is 5.73 Å². The molecule has 0 bridgehead atoms. The predicted molar refractivity (Wildman–Crippen MR) is 61.1 cm³/mol. The van der Waals surface area contributed by atoms with Crippen LogP contribution in [0.15, 0.2) is 12.4 Å². The minimum atomic E-state index is 0.378. The Morgan fingerprint density at radius 3 is 2.56 bits per heavy atom. The van der Waals surface area contributed by atoms with Crippen molar-refractivity contribution in [1.29, 1.82) is 0 Å². The first kappa shape index (κ1) is 11.3. The lowest BCUT2D eigenvalue weighted by Crippen LogP contribution is -2.39. The van der Waals surface area contributed by atoms with Gasteiger partial charge in [0, 0.05) is 30.5 Å². The molecule has 1 saturated heterocycles. The molecule has 0 aliphatic carbocycles. The lowest BCUT2D eigenvalue weighted by molar-refractivity contribution is 0.205. The Morgan fingerprint density at radius 1 is 1.38 bits per heavy atom. The second-order valence-electron chi connectivity index (χ2n) is 4.19. The number of methoxy groups -OCH3 is 1. The van der Waals surface area contributed by atoms with Gasteiger partial charge in [-0.1, -0.05) is 0 Å². The van der Waals surface area contributed by atoms with E-state index in [2.05, 4.69) is 14.9 Å². The number of hydrogen-bond acceptors (Lipinski definition) is 5. The van der Waals surface area contributed by atoms with E-state index in [1.165, 1.54) is 0 Å². The Labute approximate surface area is 95.6 Å². The molecular formula is C11H18N4O. The molecule has 0 spiro atoms.